The van der Waals surface area contributed by atoms with Gasteiger partial charge in [-0.1, -0.05) is 11.8 Å². The van der Waals surface area contributed by atoms with E-state index in [1.165, 1.54) is 24.3 Å². The number of rotatable bonds is 4. The number of amides is 2. The van der Waals surface area contributed by atoms with E-state index in [1.807, 2.05) is 25.1 Å². The van der Waals surface area contributed by atoms with Crippen molar-refractivity contribution in [2.45, 2.75) is 23.8 Å². The van der Waals surface area contributed by atoms with Crippen molar-refractivity contribution in [3.8, 4) is 5.75 Å². The van der Waals surface area contributed by atoms with Gasteiger partial charge in [0.2, 0.25) is 11.8 Å². The lowest BCUT2D eigenvalue weighted by Gasteiger charge is -2.14. The number of anilines is 1. The Morgan fingerprint density at radius 1 is 1.14 bits per heavy atom. The van der Waals surface area contributed by atoms with E-state index in [2.05, 4.69) is 9.97 Å². The molecule has 1 aliphatic heterocycles. The fraction of sp³-hybridized carbons (Fsp3) is 0.200. The highest BCUT2D eigenvalue weighted by atomic mass is 32.2. The molecule has 0 radical (unpaired) electrons. The van der Waals surface area contributed by atoms with Gasteiger partial charge < -0.3 is 4.74 Å². The molecule has 142 valence electrons. The van der Waals surface area contributed by atoms with Gasteiger partial charge in [0.1, 0.15) is 16.8 Å². The second-order valence-corrected chi connectivity index (χ2v) is 7.50. The van der Waals surface area contributed by atoms with Gasteiger partial charge in [0.25, 0.3) is 0 Å². The van der Waals surface area contributed by atoms with E-state index < -0.39 is 11.1 Å². The summed E-state index contributed by atoms with van der Waals surface area (Å²) in [5.74, 6) is -0.384. The lowest BCUT2D eigenvalue weighted by atomic mass is 10.2. The van der Waals surface area contributed by atoms with Crippen LogP contribution in [0.5, 0.6) is 5.75 Å². The summed E-state index contributed by atoms with van der Waals surface area (Å²) in [6.07, 6.45) is 0.0456. The van der Waals surface area contributed by atoms with E-state index in [9.17, 15) is 14.0 Å². The van der Waals surface area contributed by atoms with Crippen LogP contribution in [0, 0.1) is 12.7 Å². The Kier molecular flexibility index (Phi) is 4.72. The zero-order valence-electron chi connectivity index (χ0n) is 15.2. The maximum atomic E-state index is 13.1. The van der Waals surface area contributed by atoms with Gasteiger partial charge in [0.05, 0.1) is 18.3 Å². The second-order valence-electron chi connectivity index (χ2n) is 6.33. The van der Waals surface area contributed by atoms with Crippen LogP contribution in [0.15, 0.2) is 47.6 Å². The zero-order valence-corrected chi connectivity index (χ0v) is 16.0. The molecule has 0 bridgehead atoms. The van der Waals surface area contributed by atoms with Crippen molar-refractivity contribution < 1.29 is 18.7 Å². The summed E-state index contributed by atoms with van der Waals surface area (Å²) in [6.45, 7) is 1.86. The number of carbonyl (C=O) groups excluding carboxylic acids is 2. The quantitative estimate of drug-likeness (QED) is 0.496. The normalized spacial score (nSPS) is 16.8. The first-order valence-corrected chi connectivity index (χ1v) is 9.45. The van der Waals surface area contributed by atoms with Crippen LogP contribution < -0.4 is 9.64 Å². The third-order valence-electron chi connectivity index (χ3n) is 4.51. The number of aromatic nitrogens is 2. The number of halogens is 1. The first-order chi connectivity index (χ1) is 13.5. The maximum Gasteiger partial charge on any atom is 0.247 e. The molecule has 0 unspecified atom stereocenters. The van der Waals surface area contributed by atoms with E-state index in [0.717, 1.165) is 33.3 Å². The molecule has 4 rings (SSSR count). The van der Waals surface area contributed by atoms with Crippen LogP contribution in [0.1, 0.15) is 12.1 Å². The van der Waals surface area contributed by atoms with Crippen molar-refractivity contribution >= 4 is 40.2 Å². The number of benzene rings is 2. The van der Waals surface area contributed by atoms with Gasteiger partial charge in [-0.2, -0.15) is 0 Å². The monoisotopic (exact) mass is 397 g/mol. The number of thioether (sulfide) groups is 1. The number of ether oxygens (including phenoxy) is 1. The Labute approximate surface area is 164 Å². The van der Waals surface area contributed by atoms with Gasteiger partial charge >= 0.3 is 0 Å². The third kappa shape index (κ3) is 3.31. The van der Waals surface area contributed by atoms with Crippen LogP contribution in [-0.2, 0) is 9.59 Å². The van der Waals surface area contributed by atoms with E-state index in [4.69, 9.17) is 4.74 Å². The second kappa shape index (κ2) is 7.20. The number of hydrogen-bond donors (Lipinski definition) is 0. The smallest absolute Gasteiger partial charge is 0.247 e. The highest BCUT2D eigenvalue weighted by molar-refractivity contribution is 8.00. The molecule has 6 nitrogen and oxygen atoms in total. The van der Waals surface area contributed by atoms with Crippen molar-refractivity contribution in [2.24, 2.45) is 0 Å². The molecule has 0 aliphatic carbocycles. The lowest BCUT2D eigenvalue weighted by Crippen LogP contribution is -2.31. The van der Waals surface area contributed by atoms with Crippen molar-refractivity contribution in [2.75, 3.05) is 12.0 Å². The molecule has 1 atom stereocenters. The number of aryl methyl sites for hydroxylation is 1. The SMILES string of the molecule is COc1ccc2nc(S[C@@H]3CC(=O)N(c4ccc(F)cc4)C3=O)nc(C)c2c1. The summed E-state index contributed by atoms with van der Waals surface area (Å²) in [5, 5.41) is 0.681. The molecule has 3 aromatic rings. The fourth-order valence-electron chi connectivity index (χ4n) is 3.10. The van der Waals surface area contributed by atoms with Crippen LogP contribution in [0.4, 0.5) is 10.1 Å². The number of imide groups is 1. The molecule has 1 fully saturated rings. The Bertz CT molecular complexity index is 1090. The fourth-order valence-corrected chi connectivity index (χ4v) is 4.13. The van der Waals surface area contributed by atoms with Crippen LogP contribution in [0.25, 0.3) is 10.9 Å². The summed E-state index contributed by atoms with van der Waals surface area (Å²) in [6, 6.07) is 10.8. The summed E-state index contributed by atoms with van der Waals surface area (Å²) in [5.41, 5.74) is 1.86. The Morgan fingerprint density at radius 2 is 1.89 bits per heavy atom. The van der Waals surface area contributed by atoms with E-state index >= 15 is 0 Å². The molecule has 2 aromatic carbocycles. The zero-order chi connectivity index (χ0) is 19.8. The molecule has 8 heteroatoms. The molecule has 2 amide bonds. The van der Waals surface area contributed by atoms with Gasteiger partial charge in [-0.25, -0.2) is 19.3 Å². The minimum Gasteiger partial charge on any atom is -0.497 e. The van der Waals surface area contributed by atoms with Crippen LogP contribution in [0.3, 0.4) is 0 Å². The van der Waals surface area contributed by atoms with Crippen LogP contribution in [0.2, 0.25) is 0 Å². The third-order valence-corrected chi connectivity index (χ3v) is 5.56. The maximum absolute atomic E-state index is 13.1. The summed E-state index contributed by atoms with van der Waals surface area (Å²) in [4.78, 5) is 35.2. The molecule has 0 N–H and O–H groups in total. The predicted molar refractivity (Wildman–Crippen MR) is 104 cm³/mol. The van der Waals surface area contributed by atoms with Crippen molar-refractivity contribution in [1.82, 2.24) is 9.97 Å². The highest BCUT2D eigenvalue weighted by Crippen LogP contribution is 2.33. The van der Waals surface area contributed by atoms with Gasteiger partial charge in [0.15, 0.2) is 5.16 Å². The molecule has 1 aliphatic rings. The largest absolute Gasteiger partial charge is 0.497 e. The molecule has 1 saturated heterocycles. The Balaban J connectivity index is 1.60. The standard InChI is InChI=1S/C20H16FN3O3S/c1-11-15-9-14(27-2)7-8-16(15)23-20(22-11)28-17-10-18(25)24(19(17)26)13-5-3-12(21)4-6-13/h3-9,17H,10H2,1-2H3/t17-/m1/s1. The first-order valence-electron chi connectivity index (χ1n) is 8.57. The number of nitrogens with zero attached hydrogens (tertiary/aromatic N) is 3. The lowest BCUT2D eigenvalue weighted by molar-refractivity contribution is -0.121. The first kappa shape index (κ1) is 18.4. The van der Waals surface area contributed by atoms with Gasteiger partial charge in [0, 0.05) is 17.5 Å². The molecular weight excluding hydrogens is 381 g/mol. The molecule has 0 spiro atoms. The van der Waals surface area contributed by atoms with E-state index in [0.29, 0.717) is 16.6 Å². The van der Waals surface area contributed by atoms with Crippen molar-refractivity contribution in [3.63, 3.8) is 0 Å². The van der Waals surface area contributed by atoms with Gasteiger partial charge in [-0.15, -0.1) is 0 Å². The Hall–Kier alpha value is -3.00. The summed E-state index contributed by atoms with van der Waals surface area (Å²) in [7, 11) is 1.59. The number of methoxy groups -OCH3 is 1. The summed E-state index contributed by atoms with van der Waals surface area (Å²) >= 11 is 1.16. The minimum absolute atomic E-state index is 0.0456. The molecule has 0 saturated carbocycles. The van der Waals surface area contributed by atoms with Crippen LogP contribution in [-0.4, -0.2) is 34.1 Å². The Morgan fingerprint density at radius 3 is 2.61 bits per heavy atom. The number of fused-ring (bicyclic) bond motifs is 1. The molecule has 2 heterocycles. The number of hydrogen-bond acceptors (Lipinski definition) is 6. The predicted octanol–water partition coefficient (Wildman–Crippen LogP) is 3.51. The summed E-state index contributed by atoms with van der Waals surface area (Å²) < 4.78 is 18.4. The average molecular weight is 397 g/mol. The average Bonchev–Trinajstić information content (AvgIpc) is 2.95. The van der Waals surface area contributed by atoms with Gasteiger partial charge in [-0.05, 0) is 49.4 Å². The highest BCUT2D eigenvalue weighted by Gasteiger charge is 2.40. The number of carbonyl (C=O) groups is 2. The molecule has 28 heavy (non-hydrogen) atoms. The molecular formula is C20H16FN3O3S. The van der Waals surface area contributed by atoms with Crippen molar-refractivity contribution in [1.29, 1.82) is 0 Å². The minimum atomic E-state index is -0.618. The topological polar surface area (TPSA) is 72.4 Å². The van der Waals surface area contributed by atoms with Gasteiger partial charge in [-0.3, -0.25) is 9.59 Å². The molecule has 1 aromatic heterocycles. The van der Waals surface area contributed by atoms with E-state index in [1.54, 1.807) is 7.11 Å². The van der Waals surface area contributed by atoms with Crippen molar-refractivity contribution in [3.05, 3.63) is 54.0 Å². The van der Waals surface area contributed by atoms with Crippen LogP contribution >= 0.6 is 11.8 Å². The van der Waals surface area contributed by atoms with E-state index in [-0.39, 0.29) is 18.2 Å².